The van der Waals surface area contributed by atoms with Gasteiger partial charge in [0.1, 0.15) is 0 Å². The average Bonchev–Trinajstić information content (AvgIpc) is 2.87. The van der Waals surface area contributed by atoms with Crippen LogP contribution in [0.5, 0.6) is 0 Å². The molecule has 4 heteroatoms. The second-order valence-electron chi connectivity index (χ2n) is 5.79. The summed E-state index contributed by atoms with van der Waals surface area (Å²) in [5.41, 5.74) is 9.17. The Kier molecular flexibility index (Phi) is 5.37. The van der Waals surface area contributed by atoms with Gasteiger partial charge in [-0.15, -0.1) is 0 Å². The smallest absolute Gasteiger partial charge is 0.222 e. The number of amides is 1. The standard InChI is InChI=1S/C17H26N2O2/c1-4-16(20)19-7-5-15(21-8-6-18)17(19)14-10-12(2)9-13(3)11-14/h9-11,15,17H,4-8,18H2,1-3H3. The van der Waals surface area contributed by atoms with Crippen molar-refractivity contribution in [3.05, 3.63) is 34.9 Å². The molecule has 1 aromatic rings. The van der Waals surface area contributed by atoms with Crippen LogP contribution in [0.25, 0.3) is 0 Å². The molecule has 116 valence electrons. The summed E-state index contributed by atoms with van der Waals surface area (Å²) in [6.45, 7) is 7.91. The molecule has 0 aromatic heterocycles. The summed E-state index contributed by atoms with van der Waals surface area (Å²) >= 11 is 0. The number of benzene rings is 1. The molecule has 1 saturated heterocycles. The van der Waals surface area contributed by atoms with Crippen LogP contribution < -0.4 is 5.73 Å². The predicted octanol–water partition coefficient (Wildman–Crippen LogP) is 2.33. The molecule has 0 saturated carbocycles. The Balaban J connectivity index is 2.32. The Hall–Kier alpha value is -1.39. The summed E-state index contributed by atoms with van der Waals surface area (Å²) in [5, 5.41) is 0. The van der Waals surface area contributed by atoms with E-state index in [1.54, 1.807) is 0 Å². The van der Waals surface area contributed by atoms with Crippen LogP contribution in [0.4, 0.5) is 0 Å². The maximum atomic E-state index is 12.2. The van der Waals surface area contributed by atoms with Crippen molar-refractivity contribution in [1.29, 1.82) is 0 Å². The Labute approximate surface area is 127 Å². The van der Waals surface area contributed by atoms with Crippen LogP contribution in [0.1, 0.15) is 42.5 Å². The third-order valence-corrected chi connectivity index (χ3v) is 4.00. The van der Waals surface area contributed by atoms with Crippen LogP contribution in [-0.2, 0) is 9.53 Å². The fourth-order valence-corrected chi connectivity index (χ4v) is 3.22. The van der Waals surface area contributed by atoms with Crippen LogP contribution in [-0.4, -0.2) is 36.6 Å². The van der Waals surface area contributed by atoms with E-state index in [0.29, 0.717) is 19.6 Å². The molecule has 1 aliphatic rings. The number of nitrogens with two attached hydrogens (primary N) is 1. The van der Waals surface area contributed by atoms with Crippen LogP contribution in [0, 0.1) is 13.8 Å². The van der Waals surface area contributed by atoms with Crippen molar-refractivity contribution in [1.82, 2.24) is 4.90 Å². The maximum Gasteiger partial charge on any atom is 0.222 e. The molecule has 2 rings (SSSR count). The second kappa shape index (κ2) is 7.05. The lowest BCUT2D eigenvalue weighted by Crippen LogP contribution is -2.34. The first-order chi connectivity index (χ1) is 10.1. The van der Waals surface area contributed by atoms with Gasteiger partial charge in [0.2, 0.25) is 5.91 Å². The van der Waals surface area contributed by atoms with Gasteiger partial charge in [0, 0.05) is 19.5 Å². The van der Waals surface area contributed by atoms with E-state index in [1.165, 1.54) is 16.7 Å². The zero-order chi connectivity index (χ0) is 15.4. The molecule has 1 amide bonds. The number of carbonyl (C=O) groups is 1. The lowest BCUT2D eigenvalue weighted by atomic mass is 9.97. The number of likely N-dealkylation sites (tertiary alicyclic amines) is 1. The SMILES string of the molecule is CCC(=O)N1CCC(OCCN)C1c1cc(C)cc(C)c1. The lowest BCUT2D eigenvalue weighted by molar-refractivity contribution is -0.133. The van der Waals surface area contributed by atoms with Crippen LogP contribution in [0.15, 0.2) is 18.2 Å². The van der Waals surface area contributed by atoms with Gasteiger partial charge < -0.3 is 15.4 Å². The molecule has 1 fully saturated rings. The molecule has 2 atom stereocenters. The van der Waals surface area contributed by atoms with E-state index < -0.39 is 0 Å². The van der Waals surface area contributed by atoms with Gasteiger partial charge in [-0.05, 0) is 25.8 Å². The Morgan fingerprint density at radius 3 is 2.57 bits per heavy atom. The molecular formula is C17H26N2O2. The highest BCUT2D eigenvalue weighted by Gasteiger charge is 2.38. The molecule has 0 radical (unpaired) electrons. The Morgan fingerprint density at radius 2 is 2.00 bits per heavy atom. The molecule has 1 aliphatic heterocycles. The van der Waals surface area contributed by atoms with E-state index in [4.69, 9.17) is 10.5 Å². The zero-order valence-corrected chi connectivity index (χ0v) is 13.3. The van der Waals surface area contributed by atoms with Crippen molar-refractivity contribution in [2.75, 3.05) is 19.7 Å². The number of nitrogens with zero attached hydrogens (tertiary/aromatic N) is 1. The molecule has 0 aliphatic carbocycles. The molecule has 2 N–H and O–H groups in total. The van der Waals surface area contributed by atoms with E-state index in [1.807, 2.05) is 11.8 Å². The third kappa shape index (κ3) is 3.63. The van der Waals surface area contributed by atoms with Crippen molar-refractivity contribution in [3.63, 3.8) is 0 Å². The number of aryl methyl sites for hydroxylation is 2. The minimum absolute atomic E-state index is 0.0163. The fraction of sp³-hybridized carbons (Fsp3) is 0.588. The molecular weight excluding hydrogens is 264 g/mol. The first-order valence-corrected chi connectivity index (χ1v) is 7.76. The van der Waals surface area contributed by atoms with Gasteiger partial charge in [-0.3, -0.25) is 4.79 Å². The summed E-state index contributed by atoms with van der Waals surface area (Å²) < 4.78 is 5.90. The first kappa shape index (κ1) is 16.0. The molecule has 2 unspecified atom stereocenters. The highest BCUT2D eigenvalue weighted by Crippen LogP contribution is 2.35. The van der Waals surface area contributed by atoms with E-state index >= 15 is 0 Å². The summed E-state index contributed by atoms with van der Waals surface area (Å²) in [7, 11) is 0. The second-order valence-corrected chi connectivity index (χ2v) is 5.79. The van der Waals surface area contributed by atoms with Gasteiger partial charge in [0.05, 0.1) is 18.8 Å². The normalized spacial score (nSPS) is 21.8. The number of ether oxygens (including phenoxy) is 1. The Morgan fingerprint density at radius 1 is 1.33 bits per heavy atom. The predicted molar refractivity (Wildman–Crippen MR) is 84.1 cm³/mol. The van der Waals surface area contributed by atoms with E-state index in [0.717, 1.165) is 13.0 Å². The fourth-order valence-electron chi connectivity index (χ4n) is 3.22. The van der Waals surface area contributed by atoms with Crippen LogP contribution in [0.3, 0.4) is 0 Å². The van der Waals surface area contributed by atoms with Gasteiger partial charge in [-0.2, -0.15) is 0 Å². The summed E-state index contributed by atoms with van der Waals surface area (Å²) in [5.74, 6) is 0.193. The maximum absolute atomic E-state index is 12.2. The largest absolute Gasteiger partial charge is 0.374 e. The van der Waals surface area contributed by atoms with Crippen molar-refractivity contribution in [2.45, 2.75) is 45.8 Å². The highest BCUT2D eigenvalue weighted by molar-refractivity contribution is 5.76. The van der Waals surface area contributed by atoms with E-state index in [9.17, 15) is 4.79 Å². The molecule has 0 spiro atoms. The van der Waals surface area contributed by atoms with Crippen molar-refractivity contribution in [3.8, 4) is 0 Å². The summed E-state index contributed by atoms with van der Waals surface area (Å²) in [4.78, 5) is 14.2. The molecule has 21 heavy (non-hydrogen) atoms. The number of hydrogen-bond donors (Lipinski definition) is 1. The third-order valence-electron chi connectivity index (χ3n) is 4.00. The van der Waals surface area contributed by atoms with Gasteiger partial charge in [-0.25, -0.2) is 0 Å². The van der Waals surface area contributed by atoms with Gasteiger partial charge in [0.15, 0.2) is 0 Å². The van der Waals surface area contributed by atoms with Crippen LogP contribution >= 0.6 is 0 Å². The van der Waals surface area contributed by atoms with Gasteiger partial charge in [0.25, 0.3) is 0 Å². The summed E-state index contributed by atoms with van der Waals surface area (Å²) in [6.07, 6.45) is 1.46. The number of hydrogen-bond acceptors (Lipinski definition) is 3. The number of carbonyl (C=O) groups excluding carboxylic acids is 1. The van der Waals surface area contributed by atoms with Crippen molar-refractivity contribution in [2.24, 2.45) is 5.73 Å². The van der Waals surface area contributed by atoms with E-state index in [2.05, 4.69) is 32.0 Å². The molecule has 1 heterocycles. The minimum atomic E-state index is 0.0163. The van der Waals surface area contributed by atoms with E-state index in [-0.39, 0.29) is 18.1 Å². The zero-order valence-electron chi connectivity index (χ0n) is 13.3. The minimum Gasteiger partial charge on any atom is -0.374 e. The highest BCUT2D eigenvalue weighted by atomic mass is 16.5. The molecule has 4 nitrogen and oxygen atoms in total. The first-order valence-electron chi connectivity index (χ1n) is 7.76. The number of rotatable bonds is 5. The quantitative estimate of drug-likeness (QED) is 0.905. The van der Waals surface area contributed by atoms with Gasteiger partial charge in [-0.1, -0.05) is 36.2 Å². The van der Waals surface area contributed by atoms with Gasteiger partial charge >= 0.3 is 0 Å². The van der Waals surface area contributed by atoms with Crippen molar-refractivity contribution >= 4 is 5.91 Å². The molecule has 0 bridgehead atoms. The topological polar surface area (TPSA) is 55.6 Å². The van der Waals surface area contributed by atoms with Crippen LogP contribution in [0.2, 0.25) is 0 Å². The monoisotopic (exact) mass is 290 g/mol. The molecule has 1 aromatic carbocycles. The lowest BCUT2D eigenvalue weighted by Gasteiger charge is -2.29. The average molecular weight is 290 g/mol. The Bertz CT molecular complexity index is 481. The van der Waals surface area contributed by atoms with Crippen molar-refractivity contribution < 1.29 is 9.53 Å². The summed E-state index contributed by atoms with van der Waals surface area (Å²) in [6, 6.07) is 6.50.